The minimum Gasteiger partial charge on any atom is -0.378 e. The second-order valence-electron chi connectivity index (χ2n) is 4.06. The largest absolute Gasteiger partial charge is 0.378 e. The van der Waals surface area contributed by atoms with E-state index >= 15 is 0 Å². The first-order valence-corrected chi connectivity index (χ1v) is 4.86. The lowest BCUT2D eigenvalue weighted by Gasteiger charge is -2.28. The smallest absolute Gasteiger partial charge is 0.242 e. The average molecular weight is 215 g/mol. The minimum absolute atomic E-state index is 0.265. The van der Waals surface area contributed by atoms with Crippen LogP contribution in [0.4, 0.5) is 0 Å². The van der Waals surface area contributed by atoms with Crippen LogP contribution in [-0.2, 0) is 14.3 Å². The molecule has 0 saturated carbocycles. The van der Waals surface area contributed by atoms with Gasteiger partial charge in [-0.3, -0.25) is 9.59 Å². The van der Waals surface area contributed by atoms with E-state index in [9.17, 15) is 9.59 Å². The lowest BCUT2D eigenvalue weighted by molar-refractivity contribution is -0.133. The molecule has 0 aromatic carbocycles. The van der Waals surface area contributed by atoms with Gasteiger partial charge in [0, 0.05) is 6.54 Å². The molecule has 1 atom stereocenters. The van der Waals surface area contributed by atoms with Gasteiger partial charge in [-0.15, -0.1) is 0 Å². The highest BCUT2D eigenvalue weighted by Crippen LogP contribution is 2.02. The number of primary amides is 1. The second-order valence-corrected chi connectivity index (χ2v) is 4.06. The van der Waals surface area contributed by atoms with Crippen LogP contribution in [0.5, 0.6) is 0 Å². The van der Waals surface area contributed by atoms with Crippen molar-refractivity contribution in [2.45, 2.75) is 25.4 Å². The molecule has 0 radical (unpaired) electrons. The number of nitrogens with one attached hydrogen (secondary N) is 2. The number of carbonyl (C=O) groups is 2. The number of hydrogen-bond donors (Lipinski definition) is 3. The summed E-state index contributed by atoms with van der Waals surface area (Å²) in [5.74, 6) is -0.828. The highest BCUT2D eigenvalue weighted by molar-refractivity contribution is 5.91. The predicted octanol–water partition coefficient (Wildman–Crippen LogP) is -1.65. The molecule has 0 aromatic rings. The summed E-state index contributed by atoms with van der Waals surface area (Å²) in [5, 5.41) is 5.56. The topological polar surface area (TPSA) is 93.4 Å². The van der Waals surface area contributed by atoms with Crippen LogP contribution in [0.3, 0.4) is 0 Å². The number of ether oxygens (including phenoxy) is 1. The molecule has 1 aliphatic heterocycles. The van der Waals surface area contributed by atoms with E-state index in [1.54, 1.807) is 13.8 Å². The molecular weight excluding hydrogens is 198 g/mol. The molecule has 0 aliphatic carbocycles. The lowest BCUT2D eigenvalue weighted by Crippen LogP contribution is -2.59. The number of nitrogens with two attached hydrogens (primary N) is 1. The average Bonchev–Trinajstić information content (AvgIpc) is 2.18. The number of hydrogen-bond acceptors (Lipinski definition) is 4. The van der Waals surface area contributed by atoms with Crippen LogP contribution in [0.15, 0.2) is 0 Å². The van der Waals surface area contributed by atoms with Crippen LogP contribution in [0, 0.1) is 0 Å². The van der Waals surface area contributed by atoms with Crippen molar-refractivity contribution in [1.82, 2.24) is 10.6 Å². The van der Waals surface area contributed by atoms with Crippen molar-refractivity contribution in [2.24, 2.45) is 5.73 Å². The van der Waals surface area contributed by atoms with Crippen LogP contribution < -0.4 is 16.4 Å². The van der Waals surface area contributed by atoms with Gasteiger partial charge in [0.25, 0.3) is 0 Å². The number of rotatable bonds is 3. The fourth-order valence-corrected chi connectivity index (χ4v) is 1.19. The molecule has 1 aliphatic rings. The van der Waals surface area contributed by atoms with Crippen molar-refractivity contribution in [1.29, 1.82) is 0 Å². The normalized spacial score (nSPS) is 22.1. The van der Waals surface area contributed by atoms with E-state index in [1.807, 2.05) is 0 Å². The van der Waals surface area contributed by atoms with E-state index < -0.39 is 17.5 Å². The Morgan fingerprint density at radius 3 is 2.67 bits per heavy atom. The van der Waals surface area contributed by atoms with Gasteiger partial charge in [0.1, 0.15) is 11.6 Å². The maximum atomic E-state index is 11.7. The van der Waals surface area contributed by atoms with E-state index in [2.05, 4.69) is 10.6 Å². The summed E-state index contributed by atoms with van der Waals surface area (Å²) in [6, 6.07) is -0.405. The quantitative estimate of drug-likeness (QED) is 0.526. The molecule has 6 nitrogen and oxygen atoms in total. The molecule has 1 saturated heterocycles. The molecule has 4 N–H and O–H groups in total. The Morgan fingerprint density at radius 1 is 1.53 bits per heavy atom. The first-order valence-electron chi connectivity index (χ1n) is 4.86. The zero-order valence-electron chi connectivity index (χ0n) is 9.00. The van der Waals surface area contributed by atoms with E-state index in [-0.39, 0.29) is 5.91 Å². The van der Waals surface area contributed by atoms with E-state index in [0.717, 1.165) is 0 Å². The van der Waals surface area contributed by atoms with Gasteiger partial charge in [-0.1, -0.05) is 0 Å². The number of carbonyl (C=O) groups excluding carboxylic acids is 2. The van der Waals surface area contributed by atoms with E-state index in [0.29, 0.717) is 19.8 Å². The van der Waals surface area contributed by atoms with Crippen LogP contribution >= 0.6 is 0 Å². The maximum absolute atomic E-state index is 11.7. The molecule has 1 heterocycles. The van der Waals surface area contributed by atoms with Crippen LogP contribution in [0.1, 0.15) is 13.8 Å². The minimum atomic E-state index is -1.03. The fourth-order valence-electron chi connectivity index (χ4n) is 1.19. The van der Waals surface area contributed by atoms with Gasteiger partial charge in [0.2, 0.25) is 11.8 Å². The third-order valence-corrected chi connectivity index (χ3v) is 2.29. The summed E-state index contributed by atoms with van der Waals surface area (Å²) in [6.07, 6.45) is 0. The van der Waals surface area contributed by atoms with Crippen molar-refractivity contribution in [3.05, 3.63) is 0 Å². The number of amides is 2. The van der Waals surface area contributed by atoms with E-state index in [4.69, 9.17) is 10.5 Å². The van der Waals surface area contributed by atoms with E-state index in [1.165, 1.54) is 0 Å². The summed E-state index contributed by atoms with van der Waals surface area (Å²) >= 11 is 0. The third-order valence-electron chi connectivity index (χ3n) is 2.29. The summed E-state index contributed by atoms with van der Waals surface area (Å²) in [7, 11) is 0. The molecular formula is C9H17N3O3. The summed E-state index contributed by atoms with van der Waals surface area (Å²) < 4.78 is 5.14. The molecule has 0 spiro atoms. The van der Waals surface area contributed by atoms with Crippen molar-refractivity contribution < 1.29 is 14.3 Å². The maximum Gasteiger partial charge on any atom is 0.242 e. The Morgan fingerprint density at radius 2 is 2.20 bits per heavy atom. The van der Waals surface area contributed by atoms with Crippen molar-refractivity contribution in [2.75, 3.05) is 19.8 Å². The Kier molecular flexibility index (Phi) is 3.65. The van der Waals surface area contributed by atoms with Crippen molar-refractivity contribution in [3.8, 4) is 0 Å². The lowest BCUT2D eigenvalue weighted by atomic mass is 10.0. The molecule has 2 amide bonds. The standard InChI is InChI=1S/C9H17N3O3/c1-9(2,8(10)14)12-7(13)6-5-15-4-3-11-6/h6,11H,3-5H2,1-2H3,(H2,10,14)(H,12,13). The molecule has 1 unspecified atom stereocenters. The predicted molar refractivity (Wildman–Crippen MR) is 54.0 cm³/mol. The van der Waals surface area contributed by atoms with Gasteiger partial charge in [-0.25, -0.2) is 0 Å². The van der Waals surface area contributed by atoms with Crippen molar-refractivity contribution >= 4 is 11.8 Å². The summed E-state index contributed by atoms with van der Waals surface area (Å²) in [6.45, 7) is 4.69. The molecule has 0 aromatic heterocycles. The van der Waals surface area contributed by atoms with Crippen LogP contribution in [-0.4, -0.2) is 43.2 Å². The Labute approximate surface area is 88.5 Å². The first kappa shape index (κ1) is 11.9. The van der Waals surface area contributed by atoms with Gasteiger partial charge in [-0.2, -0.15) is 0 Å². The van der Waals surface area contributed by atoms with Gasteiger partial charge >= 0.3 is 0 Å². The fraction of sp³-hybridized carbons (Fsp3) is 0.778. The summed E-state index contributed by atoms with van der Waals surface area (Å²) in [4.78, 5) is 22.7. The zero-order valence-corrected chi connectivity index (χ0v) is 9.00. The van der Waals surface area contributed by atoms with Crippen molar-refractivity contribution in [3.63, 3.8) is 0 Å². The van der Waals surface area contributed by atoms with Gasteiger partial charge in [0.15, 0.2) is 0 Å². The highest BCUT2D eigenvalue weighted by atomic mass is 16.5. The number of morpholine rings is 1. The molecule has 0 bridgehead atoms. The highest BCUT2D eigenvalue weighted by Gasteiger charge is 2.30. The van der Waals surface area contributed by atoms with Gasteiger partial charge in [-0.05, 0) is 13.8 Å². The zero-order chi connectivity index (χ0) is 11.5. The molecule has 15 heavy (non-hydrogen) atoms. The Balaban J connectivity index is 2.50. The van der Waals surface area contributed by atoms with Crippen LogP contribution in [0.25, 0.3) is 0 Å². The van der Waals surface area contributed by atoms with Crippen LogP contribution in [0.2, 0.25) is 0 Å². The summed E-state index contributed by atoms with van der Waals surface area (Å²) in [5.41, 5.74) is 4.11. The monoisotopic (exact) mass is 215 g/mol. The Hall–Kier alpha value is -1.14. The Bertz CT molecular complexity index is 259. The third kappa shape index (κ3) is 3.17. The van der Waals surface area contributed by atoms with Gasteiger partial charge in [0.05, 0.1) is 13.2 Å². The molecule has 1 rings (SSSR count). The molecule has 6 heteroatoms. The molecule has 1 fully saturated rings. The second kappa shape index (κ2) is 4.59. The first-order chi connectivity index (χ1) is 6.93. The SMILES string of the molecule is CC(C)(NC(=O)C1COCCN1)C(N)=O. The van der Waals surface area contributed by atoms with Gasteiger partial charge < -0.3 is 21.1 Å². The molecule has 86 valence electrons.